The third kappa shape index (κ3) is 3.53. The number of rotatable bonds is 7. The number of ether oxygens (including phenoxy) is 2. The van der Waals surface area contributed by atoms with E-state index in [2.05, 4.69) is 6.92 Å². The van der Waals surface area contributed by atoms with Crippen molar-refractivity contribution in [2.75, 3.05) is 20.3 Å². The number of fused-ring (bicyclic) bond motifs is 2. The van der Waals surface area contributed by atoms with Crippen LogP contribution in [0, 0.1) is 13.8 Å². The molecule has 1 aliphatic heterocycles. The van der Waals surface area contributed by atoms with Gasteiger partial charge in [0.1, 0.15) is 5.58 Å². The van der Waals surface area contributed by atoms with Crippen molar-refractivity contribution in [2.45, 2.75) is 46.6 Å². The molecule has 2 aromatic carbocycles. The molecule has 1 aliphatic rings. The number of carbonyl (C=O) groups is 1. The van der Waals surface area contributed by atoms with Crippen LogP contribution in [0.4, 0.5) is 0 Å². The van der Waals surface area contributed by atoms with Crippen LogP contribution in [0.5, 0.6) is 11.5 Å². The molecule has 1 atom stereocenters. The lowest BCUT2D eigenvalue weighted by Crippen LogP contribution is -2.30. The summed E-state index contributed by atoms with van der Waals surface area (Å²) in [7, 11) is 1.58. The zero-order valence-electron chi connectivity index (χ0n) is 19.3. The Hall–Kier alpha value is -3.28. The van der Waals surface area contributed by atoms with Crippen LogP contribution in [0.15, 0.2) is 39.5 Å². The normalized spacial score (nSPS) is 15.3. The van der Waals surface area contributed by atoms with Gasteiger partial charge in [-0.3, -0.25) is 9.59 Å². The first-order valence-corrected chi connectivity index (χ1v) is 11.1. The van der Waals surface area contributed by atoms with Crippen LogP contribution in [0.1, 0.15) is 65.5 Å². The Morgan fingerprint density at radius 2 is 1.84 bits per heavy atom. The van der Waals surface area contributed by atoms with Crippen LogP contribution in [-0.2, 0) is 0 Å². The molecule has 168 valence electrons. The minimum atomic E-state index is -0.532. The number of hydrogen-bond donors (Lipinski definition) is 0. The molecule has 0 N–H and O–H groups in total. The molecule has 0 saturated heterocycles. The standard InChI is InChI=1S/C26H29NO5/c1-6-8-11-27-23(17-9-10-18(31-7-2)19(14-17)30-5)22-24(28)21-16(4)12-15(3)13-20(21)32-25(22)26(27)29/h9-10,12-14,23H,6-8,11H2,1-5H3. The molecule has 1 amide bonds. The SMILES string of the molecule is CCCCN1C(=O)c2oc3cc(C)cc(C)c3c(=O)c2C1c1ccc(OCC)c(OC)c1. The maximum atomic E-state index is 13.7. The molecule has 1 unspecified atom stereocenters. The molecule has 4 rings (SSSR count). The molecule has 32 heavy (non-hydrogen) atoms. The highest BCUT2D eigenvalue weighted by molar-refractivity contribution is 5.99. The number of amides is 1. The third-order valence-corrected chi connectivity index (χ3v) is 5.97. The molecule has 6 heteroatoms. The first kappa shape index (κ1) is 21.9. The van der Waals surface area contributed by atoms with E-state index < -0.39 is 6.04 Å². The predicted octanol–water partition coefficient (Wildman–Crippen LogP) is 5.16. The first-order valence-electron chi connectivity index (χ1n) is 11.1. The monoisotopic (exact) mass is 435 g/mol. The van der Waals surface area contributed by atoms with Crippen molar-refractivity contribution in [1.29, 1.82) is 0 Å². The van der Waals surface area contributed by atoms with Crippen molar-refractivity contribution in [3.63, 3.8) is 0 Å². The summed E-state index contributed by atoms with van der Waals surface area (Å²) < 4.78 is 17.3. The number of carbonyl (C=O) groups excluding carboxylic acids is 1. The Kier molecular flexibility index (Phi) is 5.96. The summed E-state index contributed by atoms with van der Waals surface area (Å²) in [5.74, 6) is 1.09. The Balaban J connectivity index is 1.96. The zero-order chi connectivity index (χ0) is 23.0. The fourth-order valence-electron chi connectivity index (χ4n) is 4.55. The second kappa shape index (κ2) is 8.69. The lowest BCUT2D eigenvalue weighted by atomic mass is 9.96. The van der Waals surface area contributed by atoms with Crippen LogP contribution >= 0.6 is 0 Å². The Labute approximate surface area is 187 Å². The molecule has 1 aromatic heterocycles. The summed E-state index contributed by atoms with van der Waals surface area (Å²) in [5, 5.41) is 0.530. The van der Waals surface area contributed by atoms with Gasteiger partial charge in [-0.2, -0.15) is 0 Å². The molecule has 0 fully saturated rings. The molecule has 0 bridgehead atoms. The molecular weight excluding hydrogens is 406 g/mol. The molecule has 0 aliphatic carbocycles. The predicted molar refractivity (Wildman–Crippen MR) is 124 cm³/mol. The third-order valence-electron chi connectivity index (χ3n) is 5.97. The van der Waals surface area contributed by atoms with E-state index in [9.17, 15) is 9.59 Å². The van der Waals surface area contributed by atoms with Crippen LogP contribution in [0.3, 0.4) is 0 Å². The van der Waals surface area contributed by atoms with Crippen molar-refractivity contribution in [2.24, 2.45) is 0 Å². The highest BCUT2D eigenvalue weighted by Crippen LogP contribution is 2.41. The van der Waals surface area contributed by atoms with E-state index in [0.29, 0.717) is 41.2 Å². The maximum Gasteiger partial charge on any atom is 0.290 e. The van der Waals surface area contributed by atoms with Crippen molar-refractivity contribution in [3.05, 3.63) is 68.6 Å². The van der Waals surface area contributed by atoms with Crippen molar-refractivity contribution in [3.8, 4) is 11.5 Å². The van der Waals surface area contributed by atoms with E-state index in [1.165, 1.54) is 0 Å². The van der Waals surface area contributed by atoms with Gasteiger partial charge in [0, 0.05) is 6.54 Å². The van der Waals surface area contributed by atoms with Crippen LogP contribution in [0.25, 0.3) is 11.0 Å². The summed E-state index contributed by atoms with van der Waals surface area (Å²) in [4.78, 5) is 28.9. The Morgan fingerprint density at radius 3 is 2.53 bits per heavy atom. The van der Waals surface area contributed by atoms with Crippen molar-refractivity contribution >= 4 is 16.9 Å². The first-order chi connectivity index (χ1) is 15.4. The lowest BCUT2D eigenvalue weighted by molar-refractivity contribution is 0.0725. The van der Waals surface area contributed by atoms with Crippen LogP contribution in [-0.4, -0.2) is 31.1 Å². The van der Waals surface area contributed by atoms with Crippen LogP contribution < -0.4 is 14.9 Å². The number of benzene rings is 2. The molecule has 6 nitrogen and oxygen atoms in total. The van der Waals surface area contributed by atoms with Gasteiger partial charge in [-0.05, 0) is 62.1 Å². The molecule has 3 aromatic rings. The number of methoxy groups -OCH3 is 1. The van der Waals surface area contributed by atoms with Gasteiger partial charge in [-0.1, -0.05) is 25.5 Å². The zero-order valence-corrected chi connectivity index (χ0v) is 19.3. The fourth-order valence-corrected chi connectivity index (χ4v) is 4.55. The lowest BCUT2D eigenvalue weighted by Gasteiger charge is -2.25. The molecular formula is C26H29NO5. The summed E-state index contributed by atoms with van der Waals surface area (Å²) in [6.07, 6.45) is 1.76. The van der Waals surface area contributed by atoms with Gasteiger partial charge in [0.05, 0.1) is 30.7 Å². The van der Waals surface area contributed by atoms with Gasteiger partial charge >= 0.3 is 0 Å². The number of unbranched alkanes of at least 4 members (excludes halogenated alkanes) is 1. The fraction of sp³-hybridized carbons (Fsp3) is 0.385. The van der Waals surface area contributed by atoms with Crippen molar-refractivity contribution < 1.29 is 18.7 Å². The summed E-state index contributed by atoms with van der Waals surface area (Å²) in [5.41, 5.74) is 3.34. The van der Waals surface area contributed by atoms with E-state index in [4.69, 9.17) is 13.9 Å². The minimum absolute atomic E-state index is 0.140. The number of hydrogen-bond acceptors (Lipinski definition) is 5. The summed E-state index contributed by atoms with van der Waals surface area (Å²) >= 11 is 0. The Morgan fingerprint density at radius 1 is 1.06 bits per heavy atom. The van der Waals surface area contributed by atoms with Gasteiger partial charge in [0.25, 0.3) is 5.91 Å². The minimum Gasteiger partial charge on any atom is -0.493 e. The van der Waals surface area contributed by atoms with Crippen LogP contribution in [0.2, 0.25) is 0 Å². The second-order valence-corrected chi connectivity index (χ2v) is 8.23. The maximum absolute atomic E-state index is 13.7. The van der Waals surface area contributed by atoms with Gasteiger partial charge in [0.2, 0.25) is 5.76 Å². The molecule has 0 radical (unpaired) electrons. The van der Waals surface area contributed by atoms with Crippen molar-refractivity contribution in [1.82, 2.24) is 4.90 Å². The molecule has 0 saturated carbocycles. The smallest absolute Gasteiger partial charge is 0.290 e. The van der Waals surface area contributed by atoms with Gasteiger partial charge < -0.3 is 18.8 Å². The summed E-state index contributed by atoms with van der Waals surface area (Å²) in [6.45, 7) is 8.88. The van der Waals surface area contributed by atoms with Gasteiger partial charge in [0.15, 0.2) is 16.9 Å². The quantitative estimate of drug-likeness (QED) is 0.513. The summed E-state index contributed by atoms with van der Waals surface area (Å²) in [6, 6.07) is 8.82. The molecule has 2 heterocycles. The van der Waals surface area contributed by atoms with E-state index in [1.807, 2.05) is 51.1 Å². The average Bonchev–Trinajstić information content (AvgIpc) is 3.04. The van der Waals surface area contributed by atoms with E-state index >= 15 is 0 Å². The number of aryl methyl sites for hydroxylation is 2. The van der Waals surface area contributed by atoms with Gasteiger partial charge in [-0.15, -0.1) is 0 Å². The van der Waals surface area contributed by atoms with E-state index in [1.54, 1.807) is 12.0 Å². The van der Waals surface area contributed by atoms with E-state index in [0.717, 1.165) is 29.5 Å². The highest BCUT2D eigenvalue weighted by Gasteiger charge is 2.42. The average molecular weight is 436 g/mol. The van der Waals surface area contributed by atoms with Gasteiger partial charge in [-0.25, -0.2) is 0 Å². The second-order valence-electron chi connectivity index (χ2n) is 8.23. The highest BCUT2D eigenvalue weighted by atomic mass is 16.5. The number of nitrogens with zero attached hydrogens (tertiary/aromatic N) is 1. The largest absolute Gasteiger partial charge is 0.493 e. The topological polar surface area (TPSA) is 69.0 Å². The molecule has 0 spiro atoms. The van der Waals surface area contributed by atoms with E-state index in [-0.39, 0.29) is 17.1 Å². The Bertz CT molecular complexity index is 1240.